The highest BCUT2D eigenvalue weighted by atomic mass is 127. The van der Waals surface area contributed by atoms with E-state index in [1.807, 2.05) is 31.2 Å². The van der Waals surface area contributed by atoms with Crippen molar-refractivity contribution in [2.45, 2.75) is 38.1 Å². The van der Waals surface area contributed by atoms with Crippen molar-refractivity contribution >= 4 is 35.8 Å². The summed E-state index contributed by atoms with van der Waals surface area (Å²) in [4.78, 5) is 15.9. The Labute approximate surface area is 202 Å². The molecule has 1 saturated carbocycles. The minimum atomic E-state index is -0.117. The Morgan fingerprint density at radius 3 is 2.48 bits per heavy atom. The molecule has 0 heterocycles. The molecule has 6 nitrogen and oxygen atoms in total. The molecular formula is C24H33IN4O2. The standard InChI is InChI=1S/C24H32N4O2.HI/c1-3-26-22(29)17-30-21-12-7-9-19(15-21)16-27-23(25-2)28-18-24(13-8-14-24)20-10-5-4-6-11-20;/h4-7,9-12,15H,3,8,13-14,16-18H2,1-2H3,(H,26,29)(H2,25,27,28);1H. The number of halogens is 1. The number of hydrogen-bond donors (Lipinski definition) is 3. The van der Waals surface area contributed by atoms with E-state index in [0.29, 0.717) is 18.8 Å². The summed E-state index contributed by atoms with van der Waals surface area (Å²) in [7, 11) is 1.79. The second kappa shape index (κ2) is 12.5. The zero-order valence-corrected chi connectivity index (χ0v) is 20.6. The monoisotopic (exact) mass is 536 g/mol. The number of nitrogens with one attached hydrogen (secondary N) is 3. The smallest absolute Gasteiger partial charge is 0.257 e. The van der Waals surface area contributed by atoms with Crippen LogP contribution < -0.4 is 20.7 Å². The Morgan fingerprint density at radius 1 is 1.06 bits per heavy atom. The van der Waals surface area contributed by atoms with Crippen LogP contribution in [0.2, 0.25) is 0 Å². The Kier molecular flexibility index (Phi) is 10.1. The number of nitrogens with zero attached hydrogens (tertiary/aromatic N) is 1. The number of amides is 1. The lowest BCUT2D eigenvalue weighted by Gasteiger charge is -2.43. The molecule has 0 saturated heterocycles. The van der Waals surface area contributed by atoms with E-state index in [-0.39, 0.29) is 41.9 Å². The van der Waals surface area contributed by atoms with Gasteiger partial charge in [0.25, 0.3) is 5.91 Å². The Bertz CT molecular complexity index is 854. The molecule has 7 heteroatoms. The lowest BCUT2D eigenvalue weighted by atomic mass is 9.64. The van der Waals surface area contributed by atoms with E-state index in [4.69, 9.17) is 4.74 Å². The number of hydrogen-bond acceptors (Lipinski definition) is 3. The number of rotatable bonds is 9. The van der Waals surface area contributed by atoms with Crippen LogP contribution in [-0.2, 0) is 16.8 Å². The second-order valence-corrected chi connectivity index (χ2v) is 7.67. The second-order valence-electron chi connectivity index (χ2n) is 7.67. The van der Waals surface area contributed by atoms with Gasteiger partial charge in [-0.25, -0.2) is 0 Å². The van der Waals surface area contributed by atoms with Crippen molar-refractivity contribution in [3.05, 3.63) is 65.7 Å². The highest BCUT2D eigenvalue weighted by Gasteiger charge is 2.38. The molecule has 0 unspecified atom stereocenters. The van der Waals surface area contributed by atoms with Crippen LogP contribution in [0.1, 0.15) is 37.3 Å². The molecule has 0 aliphatic heterocycles. The van der Waals surface area contributed by atoms with Crippen LogP contribution in [-0.4, -0.2) is 38.6 Å². The molecule has 168 valence electrons. The number of guanidine groups is 1. The summed E-state index contributed by atoms with van der Waals surface area (Å²) in [6.07, 6.45) is 3.67. The molecular weight excluding hydrogens is 503 g/mol. The minimum absolute atomic E-state index is 0. The number of ether oxygens (including phenoxy) is 1. The predicted molar refractivity (Wildman–Crippen MR) is 136 cm³/mol. The summed E-state index contributed by atoms with van der Waals surface area (Å²) < 4.78 is 5.57. The molecule has 31 heavy (non-hydrogen) atoms. The lowest BCUT2D eigenvalue weighted by molar-refractivity contribution is -0.122. The van der Waals surface area contributed by atoms with Crippen molar-refractivity contribution in [2.75, 3.05) is 26.7 Å². The summed E-state index contributed by atoms with van der Waals surface area (Å²) >= 11 is 0. The maximum absolute atomic E-state index is 11.6. The number of aliphatic imine (C=N–C) groups is 1. The van der Waals surface area contributed by atoms with Crippen LogP contribution in [0.25, 0.3) is 0 Å². The average Bonchev–Trinajstić information content (AvgIpc) is 2.75. The summed E-state index contributed by atoms with van der Waals surface area (Å²) in [5.41, 5.74) is 2.66. The molecule has 1 amide bonds. The highest BCUT2D eigenvalue weighted by molar-refractivity contribution is 14.0. The van der Waals surface area contributed by atoms with Crippen LogP contribution in [0, 0.1) is 0 Å². The maximum Gasteiger partial charge on any atom is 0.257 e. The van der Waals surface area contributed by atoms with Crippen molar-refractivity contribution in [3.63, 3.8) is 0 Å². The zero-order valence-electron chi connectivity index (χ0n) is 18.3. The van der Waals surface area contributed by atoms with E-state index in [1.54, 1.807) is 7.05 Å². The van der Waals surface area contributed by atoms with Gasteiger partial charge in [-0.05, 0) is 43.0 Å². The van der Waals surface area contributed by atoms with Gasteiger partial charge in [0.15, 0.2) is 12.6 Å². The molecule has 0 bridgehead atoms. The van der Waals surface area contributed by atoms with Crippen molar-refractivity contribution in [2.24, 2.45) is 4.99 Å². The topological polar surface area (TPSA) is 74.8 Å². The first-order valence-corrected chi connectivity index (χ1v) is 10.6. The summed E-state index contributed by atoms with van der Waals surface area (Å²) in [5, 5.41) is 9.60. The van der Waals surface area contributed by atoms with Gasteiger partial charge in [0.1, 0.15) is 5.75 Å². The van der Waals surface area contributed by atoms with E-state index in [9.17, 15) is 4.79 Å². The first-order chi connectivity index (χ1) is 14.6. The van der Waals surface area contributed by atoms with Gasteiger partial charge >= 0.3 is 0 Å². The van der Waals surface area contributed by atoms with Gasteiger partial charge in [0.05, 0.1) is 0 Å². The summed E-state index contributed by atoms with van der Waals surface area (Å²) in [6, 6.07) is 18.5. The summed E-state index contributed by atoms with van der Waals surface area (Å²) in [6.45, 7) is 4.00. The molecule has 0 spiro atoms. The molecule has 1 aliphatic carbocycles. The Balaban J connectivity index is 0.00000341. The first kappa shape index (κ1) is 25.0. The predicted octanol–water partition coefficient (Wildman–Crippen LogP) is 3.61. The number of carbonyl (C=O) groups excluding carboxylic acids is 1. The fourth-order valence-corrected chi connectivity index (χ4v) is 3.76. The van der Waals surface area contributed by atoms with Crippen LogP contribution in [0.3, 0.4) is 0 Å². The molecule has 3 N–H and O–H groups in total. The fraction of sp³-hybridized carbons (Fsp3) is 0.417. The third-order valence-corrected chi connectivity index (χ3v) is 5.62. The molecule has 0 radical (unpaired) electrons. The third-order valence-electron chi connectivity index (χ3n) is 5.62. The van der Waals surface area contributed by atoms with Gasteiger partial charge in [0, 0.05) is 32.1 Å². The molecule has 0 aromatic heterocycles. The third kappa shape index (κ3) is 7.12. The number of benzene rings is 2. The fourth-order valence-electron chi connectivity index (χ4n) is 3.76. The largest absolute Gasteiger partial charge is 0.484 e. The lowest BCUT2D eigenvalue weighted by Crippen LogP contribution is -2.48. The Hall–Kier alpha value is -2.29. The molecule has 0 atom stereocenters. The minimum Gasteiger partial charge on any atom is -0.484 e. The van der Waals surface area contributed by atoms with E-state index in [0.717, 1.165) is 18.1 Å². The van der Waals surface area contributed by atoms with Gasteiger partial charge in [-0.2, -0.15) is 0 Å². The molecule has 2 aromatic carbocycles. The quantitative estimate of drug-likeness (QED) is 0.260. The number of likely N-dealkylation sites (N-methyl/N-ethyl adjacent to an activating group) is 1. The van der Waals surface area contributed by atoms with Gasteiger partial charge in [-0.1, -0.05) is 48.9 Å². The molecule has 2 aromatic rings. The van der Waals surface area contributed by atoms with E-state index in [1.165, 1.54) is 24.8 Å². The van der Waals surface area contributed by atoms with Gasteiger partial charge in [-0.3, -0.25) is 9.79 Å². The van der Waals surface area contributed by atoms with Crippen molar-refractivity contribution in [1.29, 1.82) is 0 Å². The molecule has 1 aliphatic rings. The van der Waals surface area contributed by atoms with Crippen LogP contribution in [0.5, 0.6) is 5.75 Å². The highest BCUT2D eigenvalue weighted by Crippen LogP contribution is 2.43. The average molecular weight is 536 g/mol. The normalized spacial score (nSPS) is 14.6. The molecule has 1 fully saturated rings. The van der Waals surface area contributed by atoms with Crippen LogP contribution >= 0.6 is 24.0 Å². The first-order valence-electron chi connectivity index (χ1n) is 10.6. The van der Waals surface area contributed by atoms with Gasteiger partial charge < -0.3 is 20.7 Å². The van der Waals surface area contributed by atoms with Crippen molar-refractivity contribution in [3.8, 4) is 5.75 Å². The van der Waals surface area contributed by atoms with Crippen molar-refractivity contribution in [1.82, 2.24) is 16.0 Å². The zero-order chi connectivity index (χ0) is 21.2. The van der Waals surface area contributed by atoms with E-state index in [2.05, 4.69) is 51.3 Å². The van der Waals surface area contributed by atoms with E-state index >= 15 is 0 Å². The van der Waals surface area contributed by atoms with E-state index < -0.39 is 0 Å². The van der Waals surface area contributed by atoms with Gasteiger partial charge in [-0.15, -0.1) is 24.0 Å². The summed E-state index contributed by atoms with van der Waals surface area (Å²) in [5.74, 6) is 1.35. The number of carbonyl (C=O) groups is 1. The van der Waals surface area contributed by atoms with Crippen LogP contribution in [0.4, 0.5) is 0 Å². The van der Waals surface area contributed by atoms with Crippen molar-refractivity contribution < 1.29 is 9.53 Å². The SMILES string of the molecule is CCNC(=O)COc1cccc(CNC(=NC)NCC2(c3ccccc3)CCC2)c1.I. The maximum atomic E-state index is 11.6. The Morgan fingerprint density at radius 2 is 1.84 bits per heavy atom. The van der Waals surface area contributed by atoms with Crippen LogP contribution in [0.15, 0.2) is 59.6 Å². The molecule has 3 rings (SSSR count). The van der Waals surface area contributed by atoms with Gasteiger partial charge in [0.2, 0.25) is 0 Å².